The summed E-state index contributed by atoms with van der Waals surface area (Å²) in [6, 6.07) is 1.97. The molecule has 0 amide bonds. The molecule has 4 nitrogen and oxygen atoms in total. The van der Waals surface area contributed by atoms with Crippen molar-refractivity contribution in [2.24, 2.45) is 5.73 Å². The first-order valence-electron chi connectivity index (χ1n) is 4.49. The van der Waals surface area contributed by atoms with E-state index in [0.717, 1.165) is 27.7 Å². The highest BCUT2D eigenvalue weighted by atomic mass is 35.5. The highest BCUT2D eigenvalue weighted by Gasteiger charge is 2.12. The topological polar surface area (TPSA) is 78.1 Å². The van der Waals surface area contributed by atoms with Gasteiger partial charge in [0.15, 0.2) is 11.4 Å². The average molecular weight is 228 g/mol. The Morgan fingerprint density at radius 1 is 1.40 bits per heavy atom. The number of aryl methyl sites for hydroxylation is 2. The second kappa shape index (κ2) is 4.08. The lowest BCUT2D eigenvalue weighted by atomic mass is 10.0. The third-order valence-corrected chi connectivity index (χ3v) is 2.59. The Kier molecular flexibility index (Phi) is 3.21. The average Bonchev–Trinajstić information content (AvgIpc) is 2.49. The van der Waals surface area contributed by atoms with Gasteiger partial charge in [0, 0.05) is 6.54 Å². The van der Waals surface area contributed by atoms with Crippen LogP contribution in [0.25, 0.3) is 11.0 Å². The summed E-state index contributed by atoms with van der Waals surface area (Å²) in [7, 11) is 0. The molecule has 0 bridgehead atoms. The van der Waals surface area contributed by atoms with E-state index in [1.54, 1.807) is 0 Å². The third kappa shape index (κ3) is 1.66. The number of nitrogens with two attached hydrogens (primary N) is 2. The van der Waals surface area contributed by atoms with Crippen molar-refractivity contribution in [3.05, 3.63) is 22.8 Å². The SMILES string of the molecule is Cc1cc2c(N)noc2c(C)c1CN.Cl. The molecule has 5 heteroatoms. The van der Waals surface area contributed by atoms with Crippen molar-refractivity contribution < 1.29 is 4.52 Å². The lowest BCUT2D eigenvalue weighted by Gasteiger charge is -2.06. The summed E-state index contributed by atoms with van der Waals surface area (Å²) in [6.07, 6.45) is 0. The van der Waals surface area contributed by atoms with Gasteiger partial charge in [-0.25, -0.2) is 0 Å². The molecular weight excluding hydrogens is 214 g/mol. The second-order valence-electron chi connectivity index (χ2n) is 3.45. The molecule has 0 aliphatic rings. The standard InChI is InChI=1S/C10H13N3O.ClH/c1-5-3-7-9(14-13-10(7)12)6(2)8(5)4-11;/h3H,4,11H2,1-2H3,(H2,12,13);1H. The van der Waals surface area contributed by atoms with Crippen LogP contribution < -0.4 is 11.5 Å². The molecule has 0 aliphatic carbocycles. The number of hydrogen-bond acceptors (Lipinski definition) is 4. The number of hydrogen-bond donors (Lipinski definition) is 2. The molecule has 1 heterocycles. The van der Waals surface area contributed by atoms with Crippen LogP contribution in [-0.2, 0) is 6.54 Å². The minimum Gasteiger partial charge on any atom is -0.380 e. The van der Waals surface area contributed by atoms with E-state index in [1.807, 2.05) is 19.9 Å². The summed E-state index contributed by atoms with van der Waals surface area (Å²) >= 11 is 0. The molecule has 15 heavy (non-hydrogen) atoms. The van der Waals surface area contributed by atoms with Gasteiger partial charge in [-0.3, -0.25) is 0 Å². The van der Waals surface area contributed by atoms with E-state index in [4.69, 9.17) is 16.0 Å². The zero-order valence-corrected chi connectivity index (χ0v) is 9.52. The van der Waals surface area contributed by atoms with E-state index in [0.29, 0.717) is 12.4 Å². The Morgan fingerprint density at radius 3 is 2.67 bits per heavy atom. The highest BCUT2D eigenvalue weighted by Crippen LogP contribution is 2.28. The summed E-state index contributed by atoms with van der Waals surface area (Å²) in [4.78, 5) is 0. The Labute approximate surface area is 94.0 Å². The molecule has 82 valence electrons. The van der Waals surface area contributed by atoms with Crippen LogP contribution in [0.1, 0.15) is 16.7 Å². The fraction of sp³-hybridized carbons (Fsp3) is 0.300. The number of nitrogen functional groups attached to an aromatic ring is 1. The maximum absolute atomic E-state index is 5.67. The molecule has 0 saturated carbocycles. The normalized spacial score (nSPS) is 10.3. The molecular formula is C10H14ClN3O. The van der Waals surface area contributed by atoms with Crippen molar-refractivity contribution >= 4 is 29.2 Å². The zero-order valence-electron chi connectivity index (χ0n) is 8.70. The first kappa shape index (κ1) is 11.8. The summed E-state index contributed by atoms with van der Waals surface area (Å²) in [6.45, 7) is 4.50. The van der Waals surface area contributed by atoms with Crippen LogP contribution in [-0.4, -0.2) is 5.16 Å². The van der Waals surface area contributed by atoms with E-state index in [2.05, 4.69) is 5.16 Å². The molecule has 2 rings (SSSR count). The lowest BCUT2D eigenvalue weighted by Crippen LogP contribution is -2.02. The number of benzene rings is 1. The van der Waals surface area contributed by atoms with Crippen molar-refractivity contribution in [1.29, 1.82) is 0 Å². The third-order valence-electron chi connectivity index (χ3n) is 2.59. The quantitative estimate of drug-likeness (QED) is 0.780. The van der Waals surface area contributed by atoms with Gasteiger partial charge < -0.3 is 16.0 Å². The van der Waals surface area contributed by atoms with E-state index in [1.165, 1.54) is 0 Å². The molecule has 0 spiro atoms. The molecule has 4 N–H and O–H groups in total. The minimum absolute atomic E-state index is 0. The molecule has 0 atom stereocenters. The van der Waals surface area contributed by atoms with Crippen molar-refractivity contribution in [2.75, 3.05) is 5.73 Å². The highest BCUT2D eigenvalue weighted by molar-refractivity contribution is 5.90. The van der Waals surface area contributed by atoms with E-state index >= 15 is 0 Å². The fourth-order valence-corrected chi connectivity index (χ4v) is 1.77. The van der Waals surface area contributed by atoms with Gasteiger partial charge in [-0.15, -0.1) is 12.4 Å². The van der Waals surface area contributed by atoms with Crippen LogP contribution in [0.5, 0.6) is 0 Å². The Morgan fingerprint density at radius 2 is 2.07 bits per heavy atom. The molecule has 1 aromatic heterocycles. The Hall–Kier alpha value is -1.26. The molecule has 0 fully saturated rings. The van der Waals surface area contributed by atoms with Crippen LogP contribution in [0.3, 0.4) is 0 Å². The van der Waals surface area contributed by atoms with Crippen molar-refractivity contribution in [2.45, 2.75) is 20.4 Å². The van der Waals surface area contributed by atoms with Crippen molar-refractivity contribution in [1.82, 2.24) is 5.16 Å². The Balaban J connectivity index is 0.00000112. The monoisotopic (exact) mass is 227 g/mol. The molecule has 0 saturated heterocycles. The van der Waals surface area contributed by atoms with Gasteiger partial charge in [0.1, 0.15) is 0 Å². The van der Waals surface area contributed by atoms with Crippen LogP contribution >= 0.6 is 12.4 Å². The van der Waals surface area contributed by atoms with E-state index < -0.39 is 0 Å². The summed E-state index contributed by atoms with van der Waals surface area (Å²) in [5.74, 6) is 0.440. The number of rotatable bonds is 1. The number of halogens is 1. The molecule has 1 aromatic carbocycles. The first-order chi connectivity index (χ1) is 6.65. The second-order valence-corrected chi connectivity index (χ2v) is 3.45. The largest absolute Gasteiger partial charge is 0.380 e. The van der Waals surface area contributed by atoms with Crippen LogP contribution in [0, 0.1) is 13.8 Å². The first-order valence-corrected chi connectivity index (χ1v) is 4.49. The van der Waals surface area contributed by atoms with Gasteiger partial charge in [-0.2, -0.15) is 0 Å². The van der Waals surface area contributed by atoms with Crippen molar-refractivity contribution in [3.63, 3.8) is 0 Å². The number of fused-ring (bicyclic) bond motifs is 1. The van der Waals surface area contributed by atoms with Gasteiger partial charge in [0.25, 0.3) is 0 Å². The van der Waals surface area contributed by atoms with E-state index in [9.17, 15) is 0 Å². The fourth-order valence-electron chi connectivity index (χ4n) is 1.77. The summed E-state index contributed by atoms with van der Waals surface area (Å²) < 4.78 is 5.15. The van der Waals surface area contributed by atoms with Crippen LogP contribution in [0.15, 0.2) is 10.6 Å². The number of aromatic nitrogens is 1. The molecule has 0 aliphatic heterocycles. The van der Waals surface area contributed by atoms with Gasteiger partial charge >= 0.3 is 0 Å². The van der Waals surface area contributed by atoms with Gasteiger partial charge in [-0.05, 0) is 36.6 Å². The summed E-state index contributed by atoms with van der Waals surface area (Å²) in [5.41, 5.74) is 15.3. The predicted molar refractivity (Wildman–Crippen MR) is 63.0 cm³/mol. The summed E-state index contributed by atoms with van der Waals surface area (Å²) in [5, 5.41) is 4.61. The van der Waals surface area contributed by atoms with Crippen molar-refractivity contribution in [3.8, 4) is 0 Å². The smallest absolute Gasteiger partial charge is 0.174 e. The van der Waals surface area contributed by atoms with Crippen LogP contribution in [0.2, 0.25) is 0 Å². The molecule has 0 radical (unpaired) electrons. The maximum Gasteiger partial charge on any atom is 0.174 e. The van der Waals surface area contributed by atoms with E-state index in [-0.39, 0.29) is 12.4 Å². The van der Waals surface area contributed by atoms with Gasteiger partial charge in [0.2, 0.25) is 0 Å². The number of nitrogens with zero attached hydrogens (tertiary/aromatic N) is 1. The number of anilines is 1. The molecule has 0 unspecified atom stereocenters. The van der Waals surface area contributed by atoms with Crippen LogP contribution in [0.4, 0.5) is 5.82 Å². The van der Waals surface area contributed by atoms with Gasteiger partial charge in [0.05, 0.1) is 5.39 Å². The van der Waals surface area contributed by atoms with Gasteiger partial charge in [-0.1, -0.05) is 5.16 Å². The predicted octanol–water partition coefficient (Wildman–Crippen LogP) is 1.91. The zero-order chi connectivity index (χ0) is 10.3. The Bertz CT molecular complexity index is 493. The molecule has 2 aromatic rings. The maximum atomic E-state index is 5.67. The minimum atomic E-state index is 0. The lowest BCUT2D eigenvalue weighted by molar-refractivity contribution is 0.458.